The molecule has 2 nitrogen and oxygen atoms in total. The van der Waals surface area contributed by atoms with Crippen LogP contribution in [-0.4, -0.2) is 11.7 Å². The fourth-order valence-corrected chi connectivity index (χ4v) is 2.72. The molecule has 1 aromatic rings. The number of aliphatic hydroxyl groups excluding tert-OH is 1. The van der Waals surface area contributed by atoms with Gasteiger partial charge in [0.25, 0.3) is 0 Å². The summed E-state index contributed by atoms with van der Waals surface area (Å²) < 4.78 is 26.7. The number of hydrogen-bond donors (Lipinski definition) is 2. The summed E-state index contributed by atoms with van der Waals surface area (Å²) in [4.78, 5) is 0. The SMILES string of the molecule is NCC1(C(O)c2cc(F)ccc2F)CCCC1. The van der Waals surface area contributed by atoms with Crippen LogP contribution in [0.4, 0.5) is 8.78 Å². The first-order chi connectivity index (χ1) is 8.09. The molecule has 1 aromatic carbocycles. The van der Waals surface area contributed by atoms with E-state index in [1.165, 1.54) is 0 Å². The molecule has 1 unspecified atom stereocenters. The topological polar surface area (TPSA) is 46.2 Å². The molecule has 0 aliphatic heterocycles. The number of nitrogens with two attached hydrogens (primary N) is 1. The van der Waals surface area contributed by atoms with E-state index in [0.29, 0.717) is 6.54 Å². The molecule has 0 spiro atoms. The molecule has 17 heavy (non-hydrogen) atoms. The largest absolute Gasteiger partial charge is 0.388 e. The van der Waals surface area contributed by atoms with E-state index in [-0.39, 0.29) is 5.56 Å². The molecule has 1 aliphatic rings. The quantitative estimate of drug-likeness (QED) is 0.854. The van der Waals surface area contributed by atoms with Gasteiger partial charge in [0.15, 0.2) is 0 Å². The molecule has 1 saturated carbocycles. The Morgan fingerprint density at radius 1 is 1.29 bits per heavy atom. The van der Waals surface area contributed by atoms with Crippen molar-refractivity contribution in [2.75, 3.05) is 6.54 Å². The Balaban J connectivity index is 2.35. The van der Waals surface area contributed by atoms with Gasteiger partial charge in [-0.25, -0.2) is 8.78 Å². The van der Waals surface area contributed by atoms with Gasteiger partial charge in [0.2, 0.25) is 0 Å². The summed E-state index contributed by atoms with van der Waals surface area (Å²) in [5.74, 6) is -1.11. The average Bonchev–Trinajstić information content (AvgIpc) is 2.81. The number of rotatable bonds is 3. The van der Waals surface area contributed by atoms with Crippen LogP contribution in [0.3, 0.4) is 0 Å². The van der Waals surface area contributed by atoms with E-state index in [0.717, 1.165) is 43.9 Å². The third kappa shape index (κ3) is 2.19. The maximum absolute atomic E-state index is 13.6. The van der Waals surface area contributed by atoms with E-state index in [9.17, 15) is 13.9 Å². The second-order valence-corrected chi connectivity index (χ2v) is 4.84. The minimum atomic E-state index is -1.02. The van der Waals surface area contributed by atoms with Crippen LogP contribution in [0, 0.1) is 17.0 Å². The summed E-state index contributed by atoms with van der Waals surface area (Å²) in [6.45, 7) is 0.296. The Morgan fingerprint density at radius 2 is 1.94 bits per heavy atom. The summed E-state index contributed by atoms with van der Waals surface area (Å²) in [6, 6.07) is 3.16. The first-order valence-electron chi connectivity index (χ1n) is 5.92. The molecule has 1 aliphatic carbocycles. The number of halogens is 2. The van der Waals surface area contributed by atoms with Crippen molar-refractivity contribution >= 4 is 0 Å². The molecule has 0 aromatic heterocycles. The van der Waals surface area contributed by atoms with Gasteiger partial charge in [-0.3, -0.25) is 0 Å². The number of aliphatic hydroxyl groups is 1. The normalized spacial score (nSPS) is 20.5. The third-order valence-electron chi connectivity index (χ3n) is 3.84. The van der Waals surface area contributed by atoms with Crippen molar-refractivity contribution in [1.82, 2.24) is 0 Å². The van der Waals surface area contributed by atoms with Gasteiger partial charge < -0.3 is 10.8 Å². The third-order valence-corrected chi connectivity index (χ3v) is 3.84. The molecule has 1 atom stereocenters. The zero-order chi connectivity index (χ0) is 12.5. The molecule has 0 saturated heterocycles. The Kier molecular flexibility index (Phi) is 3.45. The van der Waals surface area contributed by atoms with Crippen LogP contribution >= 0.6 is 0 Å². The van der Waals surface area contributed by atoms with E-state index in [2.05, 4.69) is 0 Å². The summed E-state index contributed by atoms with van der Waals surface area (Å²) in [6.07, 6.45) is 2.46. The lowest BCUT2D eigenvalue weighted by atomic mass is 9.77. The second kappa shape index (κ2) is 4.70. The van der Waals surface area contributed by atoms with Crippen molar-refractivity contribution in [2.45, 2.75) is 31.8 Å². The van der Waals surface area contributed by atoms with Crippen molar-refractivity contribution in [1.29, 1.82) is 0 Å². The van der Waals surface area contributed by atoms with Gasteiger partial charge >= 0.3 is 0 Å². The molecule has 0 amide bonds. The monoisotopic (exact) mass is 241 g/mol. The van der Waals surface area contributed by atoms with Crippen LogP contribution < -0.4 is 5.73 Å². The zero-order valence-electron chi connectivity index (χ0n) is 9.63. The van der Waals surface area contributed by atoms with Crippen LogP contribution in [0.25, 0.3) is 0 Å². The van der Waals surface area contributed by atoms with E-state index in [1.807, 2.05) is 0 Å². The Hall–Kier alpha value is -1.00. The first-order valence-corrected chi connectivity index (χ1v) is 5.92. The van der Waals surface area contributed by atoms with Gasteiger partial charge in [-0.15, -0.1) is 0 Å². The van der Waals surface area contributed by atoms with Crippen LogP contribution in [0.15, 0.2) is 18.2 Å². The summed E-state index contributed by atoms with van der Waals surface area (Å²) in [5.41, 5.74) is 5.25. The maximum Gasteiger partial charge on any atom is 0.129 e. The minimum absolute atomic E-state index is 0.0253. The fraction of sp³-hybridized carbons (Fsp3) is 0.538. The average molecular weight is 241 g/mol. The maximum atomic E-state index is 13.6. The number of hydrogen-bond acceptors (Lipinski definition) is 2. The molecule has 0 radical (unpaired) electrons. The van der Waals surface area contributed by atoms with Crippen molar-refractivity contribution in [3.63, 3.8) is 0 Å². The smallest absolute Gasteiger partial charge is 0.129 e. The highest BCUT2D eigenvalue weighted by molar-refractivity contribution is 5.23. The van der Waals surface area contributed by atoms with Gasteiger partial charge in [0, 0.05) is 17.5 Å². The van der Waals surface area contributed by atoms with E-state index in [1.54, 1.807) is 0 Å². The highest BCUT2D eigenvalue weighted by Gasteiger charge is 2.41. The molecular weight excluding hydrogens is 224 g/mol. The van der Waals surface area contributed by atoms with Gasteiger partial charge in [-0.1, -0.05) is 12.8 Å². The van der Waals surface area contributed by atoms with Gasteiger partial charge in [0.05, 0.1) is 6.10 Å². The van der Waals surface area contributed by atoms with Crippen molar-refractivity contribution in [3.05, 3.63) is 35.4 Å². The molecule has 2 rings (SSSR count). The summed E-state index contributed by atoms with van der Waals surface area (Å²) in [7, 11) is 0. The van der Waals surface area contributed by atoms with Crippen LogP contribution in [0.5, 0.6) is 0 Å². The molecule has 4 heteroatoms. The Morgan fingerprint density at radius 3 is 2.53 bits per heavy atom. The molecular formula is C13H17F2NO. The fourth-order valence-electron chi connectivity index (χ4n) is 2.72. The molecule has 0 bridgehead atoms. The van der Waals surface area contributed by atoms with E-state index >= 15 is 0 Å². The molecule has 0 heterocycles. The first kappa shape index (κ1) is 12.5. The van der Waals surface area contributed by atoms with E-state index < -0.39 is 23.2 Å². The predicted octanol–water partition coefficient (Wildman–Crippen LogP) is 2.52. The second-order valence-electron chi connectivity index (χ2n) is 4.84. The van der Waals surface area contributed by atoms with Gasteiger partial charge in [-0.05, 0) is 31.0 Å². The van der Waals surface area contributed by atoms with E-state index in [4.69, 9.17) is 5.73 Å². The van der Waals surface area contributed by atoms with Crippen molar-refractivity contribution < 1.29 is 13.9 Å². The molecule has 94 valence electrons. The highest BCUT2D eigenvalue weighted by Crippen LogP contribution is 2.47. The van der Waals surface area contributed by atoms with Gasteiger partial charge in [0.1, 0.15) is 11.6 Å². The highest BCUT2D eigenvalue weighted by atomic mass is 19.1. The molecule has 3 N–H and O–H groups in total. The standard InChI is InChI=1S/C13H17F2NO/c14-9-3-4-11(15)10(7-9)12(17)13(8-16)5-1-2-6-13/h3-4,7,12,17H,1-2,5-6,8,16H2. The minimum Gasteiger partial charge on any atom is -0.388 e. The summed E-state index contributed by atoms with van der Waals surface area (Å²) >= 11 is 0. The molecule has 1 fully saturated rings. The number of benzene rings is 1. The summed E-state index contributed by atoms with van der Waals surface area (Å²) in [5, 5.41) is 10.3. The lowest BCUT2D eigenvalue weighted by Crippen LogP contribution is -2.34. The van der Waals surface area contributed by atoms with Gasteiger partial charge in [-0.2, -0.15) is 0 Å². The van der Waals surface area contributed by atoms with Crippen molar-refractivity contribution in [2.24, 2.45) is 11.1 Å². The van der Waals surface area contributed by atoms with Crippen LogP contribution in [-0.2, 0) is 0 Å². The lowest BCUT2D eigenvalue weighted by Gasteiger charge is -2.33. The Labute approximate surface area is 99.4 Å². The van der Waals surface area contributed by atoms with Crippen LogP contribution in [0.2, 0.25) is 0 Å². The predicted molar refractivity (Wildman–Crippen MR) is 61.3 cm³/mol. The van der Waals surface area contributed by atoms with Crippen LogP contribution in [0.1, 0.15) is 37.4 Å². The lowest BCUT2D eigenvalue weighted by molar-refractivity contribution is 0.0303. The zero-order valence-corrected chi connectivity index (χ0v) is 9.63. The van der Waals surface area contributed by atoms with Crippen molar-refractivity contribution in [3.8, 4) is 0 Å². The Bertz CT molecular complexity index is 402.